The van der Waals surface area contributed by atoms with Crippen LogP contribution in [-0.2, 0) is 19.6 Å². The summed E-state index contributed by atoms with van der Waals surface area (Å²) in [5.41, 5.74) is 2.10. The van der Waals surface area contributed by atoms with Crippen molar-refractivity contribution in [2.75, 3.05) is 6.54 Å². The van der Waals surface area contributed by atoms with Gasteiger partial charge in [-0.1, -0.05) is 57.3 Å². The molecule has 5 aromatic rings. The van der Waals surface area contributed by atoms with Crippen LogP contribution in [0.2, 0.25) is 10.0 Å². The first-order valence-electron chi connectivity index (χ1n) is 13.8. The number of aromatic nitrogens is 3. The maximum atomic E-state index is 14.5. The van der Waals surface area contributed by atoms with Crippen molar-refractivity contribution in [1.29, 1.82) is 0 Å². The van der Waals surface area contributed by atoms with E-state index in [1.807, 2.05) is 33.6 Å². The average Bonchev–Trinajstić information content (AvgIpc) is 3.28. The van der Waals surface area contributed by atoms with Crippen LogP contribution in [-0.4, -0.2) is 32.6 Å². The summed E-state index contributed by atoms with van der Waals surface area (Å²) >= 11 is 21.9. The normalized spacial score (nSPS) is 12.9. The average molecular weight is 717 g/mol. The summed E-state index contributed by atoms with van der Waals surface area (Å²) < 4.78 is 34.7. The third-order valence-electron chi connectivity index (χ3n) is 7.69. The van der Waals surface area contributed by atoms with Gasteiger partial charge in [-0.15, -0.1) is 9.36 Å². The maximum absolute atomic E-state index is 14.5. The van der Waals surface area contributed by atoms with Gasteiger partial charge in [0.2, 0.25) is 6.33 Å². The quantitative estimate of drug-likeness (QED) is 0.0673. The van der Waals surface area contributed by atoms with Gasteiger partial charge in [0.05, 0.1) is 0 Å². The minimum absolute atomic E-state index is 0.101. The van der Waals surface area contributed by atoms with Crippen molar-refractivity contribution in [2.24, 2.45) is 0 Å². The minimum atomic E-state index is -0.660. The van der Waals surface area contributed by atoms with Crippen molar-refractivity contribution in [2.45, 2.75) is 32.5 Å². The summed E-state index contributed by atoms with van der Waals surface area (Å²) in [7, 11) is 0. The first-order valence-corrected chi connectivity index (χ1v) is 15.7. The Labute approximate surface area is 275 Å². The predicted molar refractivity (Wildman–Crippen MR) is 171 cm³/mol. The molecule has 1 aliphatic heterocycles. The molecule has 12 heteroatoms. The van der Waals surface area contributed by atoms with Gasteiger partial charge in [0.1, 0.15) is 31.3 Å². The lowest BCUT2D eigenvalue weighted by Crippen LogP contribution is -2.41. The van der Waals surface area contributed by atoms with Crippen LogP contribution in [0.15, 0.2) is 77.5 Å². The zero-order valence-corrected chi connectivity index (χ0v) is 27.0. The van der Waals surface area contributed by atoms with E-state index in [4.69, 9.17) is 35.4 Å². The minimum Gasteiger partial charge on any atom is -0.274 e. The van der Waals surface area contributed by atoms with Gasteiger partial charge < -0.3 is 0 Å². The molecule has 44 heavy (non-hydrogen) atoms. The molecule has 0 unspecified atom stereocenters. The van der Waals surface area contributed by atoms with E-state index >= 15 is 0 Å². The van der Waals surface area contributed by atoms with E-state index in [1.165, 1.54) is 17.0 Å². The molecule has 2 heterocycles. The number of benzene rings is 4. The van der Waals surface area contributed by atoms with E-state index in [1.54, 1.807) is 35.2 Å². The lowest BCUT2D eigenvalue weighted by atomic mass is 9.94. The number of imide groups is 1. The van der Waals surface area contributed by atoms with E-state index in [9.17, 15) is 18.4 Å². The summed E-state index contributed by atoms with van der Waals surface area (Å²) in [5, 5.41) is 2.49. The molecular formula is C32H24BrCl2F2N4O2S+. The second-order valence-electron chi connectivity index (χ2n) is 10.5. The van der Waals surface area contributed by atoms with Crippen LogP contribution in [0.5, 0.6) is 0 Å². The maximum Gasteiger partial charge on any atom is 0.325 e. The Hall–Kier alpha value is -3.44. The number of hydrogen-bond acceptors (Lipinski definition) is 3. The van der Waals surface area contributed by atoms with Crippen molar-refractivity contribution in [3.63, 3.8) is 0 Å². The molecule has 0 saturated heterocycles. The van der Waals surface area contributed by atoms with Gasteiger partial charge in [-0.05, 0) is 72.9 Å². The highest BCUT2D eigenvalue weighted by molar-refractivity contribution is 9.10. The first-order chi connectivity index (χ1) is 21.1. The lowest BCUT2D eigenvalue weighted by Gasteiger charge is -2.27. The molecule has 6 rings (SSSR count). The van der Waals surface area contributed by atoms with E-state index in [0.717, 1.165) is 21.5 Å². The monoisotopic (exact) mass is 715 g/mol. The molecule has 0 spiro atoms. The van der Waals surface area contributed by atoms with Crippen LogP contribution in [0.25, 0.3) is 10.8 Å². The molecule has 0 radical (unpaired) electrons. The number of amides is 2. The highest BCUT2D eigenvalue weighted by atomic mass is 79.9. The Morgan fingerprint density at radius 3 is 2.34 bits per heavy atom. The standard InChI is InChI=1S/C32H24BrCl2F2N4O2S/c33-26-11-10-25-29-23(26)4-3-5-24(29)30(42)40(31(25)43)12-1-2-13-41-32(44)38(16-20-7-9-22(36)15-28(20)37)18-39(41)17-19-6-8-21(34)14-27(19)35/h3-11,14-15,18H,1-2,12-13,16-17H2/q+1. The van der Waals surface area contributed by atoms with Crippen LogP contribution in [0.4, 0.5) is 8.78 Å². The van der Waals surface area contributed by atoms with Crippen molar-refractivity contribution in [3.05, 3.63) is 126 Å². The van der Waals surface area contributed by atoms with Crippen molar-refractivity contribution < 1.29 is 22.9 Å². The number of carbonyl (C=O) groups is 2. The van der Waals surface area contributed by atoms with Crippen LogP contribution >= 0.6 is 51.3 Å². The van der Waals surface area contributed by atoms with Gasteiger partial charge in [-0.25, -0.2) is 13.3 Å². The molecule has 0 bridgehead atoms. The van der Waals surface area contributed by atoms with Crippen LogP contribution in [0, 0.1) is 16.4 Å². The Morgan fingerprint density at radius 1 is 0.864 bits per heavy atom. The number of halogens is 5. The second kappa shape index (κ2) is 12.5. The summed E-state index contributed by atoms with van der Waals surface area (Å²) in [4.78, 5) is 28.0. The van der Waals surface area contributed by atoms with Gasteiger partial charge in [-0.3, -0.25) is 14.5 Å². The summed E-state index contributed by atoms with van der Waals surface area (Å²) in [6.45, 7) is 1.15. The van der Waals surface area contributed by atoms with Crippen LogP contribution in [0.3, 0.4) is 0 Å². The fraction of sp³-hybridized carbons (Fsp3) is 0.188. The lowest BCUT2D eigenvalue weighted by molar-refractivity contribution is -0.696. The number of carbonyl (C=O) groups excluding carboxylic acids is 2. The third-order valence-corrected chi connectivity index (χ3v) is 9.42. The SMILES string of the molecule is O=C1c2cccc3c(Br)ccc(c23)C(=O)N1CCCCn1c(=S)[n+](Cc2ccc(F)cc2F)cn1Cc1ccc(Cl)cc1Cl. The zero-order valence-electron chi connectivity index (χ0n) is 23.1. The van der Waals surface area contributed by atoms with Gasteiger partial charge in [-0.2, -0.15) is 0 Å². The molecule has 1 aliphatic rings. The fourth-order valence-corrected chi connectivity index (χ4v) is 6.73. The van der Waals surface area contributed by atoms with E-state index in [-0.39, 0.29) is 24.9 Å². The topological polar surface area (TPSA) is 51.1 Å². The van der Waals surface area contributed by atoms with Gasteiger partial charge in [0, 0.05) is 54.8 Å². The van der Waals surface area contributed by atoms with Crippen molar-refractivity contribution in [3.8, 4) is 0 Å². The molecule has 0 saturated carbocycles. The molecule has 0 N–H and O–H groups in total. The van der Waals surface area contributed by atoms with Crippen LogP contribution < -0.4 is 4.57 Å². The zero-order chi connectivity index (χ0) is 31.1. The summed E-state index contributed by atoms with van der Waals surface area (Å²) in [5.74, 6) is -1.95. The Kier molecular flexibility index (Phi) is 8.70. The molecular weight excluding hydrogens is 693 g/mol. The largest absolute Gasteiger partial charge is 0.325 e. The highest BCUT2D eigenvalue weighted by Crippen LogP contribution is 2.34. The number of hydrogen-bond donors (Lipinski definition) is 0. The Bertz CT molecular complexity index is 2010. The molecule has 0 fully saturated rings. The van der Waals surface area contributed by atoms with Gasteiger partial charge in [0.25, 0.3) is 11.8 Å². The van der Waals surface area contributed by atoms with E-state index < -0.39 is 11.6 Å². The predicted octanol–water partition coefficient (Wildman–Crippen LogP) is 7.98. The molecule has 4 aromatic carbocycles. The summed E-state index contributed by atoms with van der Waals surface area (Å²) in [6, 6.07) is 17.7. The summed E-state index contributed by atoms with van der Waals surface area (Å²) in [6.07, 6.45) is 2.88. The first kappa shape index (κ1) is 30.6. The number of unbranched alkanes of at least 4 members (excludes halogenated alkanes) is 1. The molecule has 2 amide bonds. The fourth-order valence-electron chi connectivity index (χ4n) is 5.49. The van der Waals surface area contributed by atoms with Crippen molar-refractivity contribution >= 4 is 73.9 Å². The molecule has 224 valence electrons. The second-order valence-corrected chi connectivity index (χ2v) is 12.6. The Morgan fingerprint density at radius 2 is 1.59 bits per heavy atom. The van der Waals surface area contributed by atoms with Crippen LogP contribution in [0.1, 0.15) is 44.7 Å². The smallest absolute Gasteiger partial charge is 0.274 e. The number of nitrogens with zero attached hydrogens (tertiary/aromatic N) is 4. The third kappa shape index (κ3) is 5.83. The van der Waals surface area contributed by atoms with Gasteiger partial charge in [0.15, 0.2) is 0 Å². The molecule has 6 nitrogen and oxygen atoms in total. The van der Waals surface area contributed by atoms with E-state index in [2.05, 4.69) is 15.9 Å². The molecule has 0 aliphatic carbocycles. The van der Waals surface area contributed by atoms with Crippen molar-refractivity contribution in [1.82, 2.24) is 14.3 Å². The molecule has 1 aromatic heterocycles. The highest BCUT2D eigenvalue weighted by Gasteiger charge is 2.33. The van der Waals surface area contributed by atoms with E-state index in [0.29, 0.717) is 62.8 Å². The Balaban J connectivity index is 1.22. The van der Waals surface area contributed by atoms with Gasteiger partial charge >= 0.3 is 4.77 Å². The molecule has 0 atom stereocenters. The number of rotatable bonds is 9.